The molecule has 1 unspecified atom stereocenters. The van der Waals surface area contributed by atoms with Crippen molar-refractivity contribution < 1.29 is 4.79 Å². The summed E-state index contributed by atoms with van der Waals surface area (Å²) in [6.07, 6.45) is 3.25. The van der Waals surface area contributed by atoms with Crippen molar-refractivity contribution in [3.8, 4) is 0 Å². The Balaban J connectivity index is 0.000000240. The van der Waals surface area contributed by atoms with E-state index in [1.165, 1.54) is 12.7 Å². The van der Waals surface area contributed by atoms with Crippen LogP contribution in [0.25, 0.3) is 0 Å². The van der Waals surface area contributed by atoms with Gasteiger partial charge in [-0.05, 0) is 93.4 Å². The SMILES string of the molecule is CCC(=O)Cc1ccc(I)cc1.CCC(N)Cc1ccc(I)cc1. The molecule has 0 saturated heterocycles. The molecule has 4 heteroatoms. The Morgan fingerprint density at radius 1 is 0.917 bits per heavy atom. The van der Waals surface area contributed by atoms with Crippen molar-refractivity contribution in [1.82, 2.24) is 0 Å². The number of hydrogen-bond donors (Lipinski definition) is 1. The van der Waals surface area contributed by atoms with Crippen molar-refractivity contribution in [1.29, 1.82) is 0 Å². The molecule has 1 atom stereocenters. The topological polar surface area (TPSA) is 43.1 Å². The number of hydrogen-bond acceptors (Lipinski definition) is 2. The summed E-state index contributed by atoms with van der Waals surface area (Å²) in [7, 11) is 0. The van der Waals surface area contributed by atoms with Crippen LogP contribution < -0.4 is 5.73 Å². The molecule has 0 heterocycles. The third-order valence-corrected chi connectivity index (χ3v) is 5.08. The number of halogens is 2. The third kappa shape index (κ3) is 9.13. The van der Waals surface area contributed by atoms with Gasteiger partial charge in [0, 0.05) is 26.0 Å². The minimum absolute atomic E-state index is 0.302. The van der Waals surface area contributed by atoms with Gasteiger partial charge in [-0.15, -0.1) is 0 Å². The summed E-state index contributed by atoms with van der Waals surface area (Å²) in [6.45, 7) is 4.02. The molecule has 0 saturated carbocycles. The Labute approximate surface area is 172 Å². The highest BCUT2D eigenvalue weighted by Crippen LogP contribution is 2.09. The van der Waals surface area contributed by atoms with Crippen LogP contribution in [0.3, 0.4) is 0 Å². The maximum absolute atomic E-state index is 11.1. The first kappa shape index (κ1) is 21.6. The highest BCUT2D eigenvalue weighted by atomic mass is 127. The lowest BCUT2D eigenvalue weighted by Gasteiger charge is -2.07. The highest BCUT2D eigenvalue weighted by molar-refractivity contribution is 14.1. The minimum atomic E-state index is 0.302. The molecule has 2 aromatic rings. The summed E-state index contributed by atoms with van der Waals surface area (Å²) in [4.78, 5) is 11.1. The fourth-order valence-electron chi connectivity index (χ4n) is 2.02. The van der Waals surface area contributed by atoms with Gasteiger partial charge >= 0.3 is 0 Å². The Morgan fingerprint density at radius 2 is 1.38 bits per heavy atom. The smallest absolute Gasteiger partial charge is 0.136 e. The van der Waals surface area contributed by atoms with Crippen LogP contribution >= 0.6 is 45.2 Å². The van der Waals surface area contributed by atoms with E-state index in [4.69, 9.17) is 5.73 Å². The van der Waals surface area contributed by atoms with Gasteiger partial charge in [0.2, 0.25) is 0 Å². The molecule has 0 amide bonds. The van der Waals surface area contributed by atoms with Crippen molar-refractivity contribution in [2.24, 2.45) is 5.73 Å². The van der Waals surface area contributed by atoms with Gasteiger partial charge in [0.15, 0.2) is 0 Å². The Hall–Kier alpha value is -0.470. The van der Waals surface area contributed by atoms with E-state index in [1.807, 2.05) is 31.2 Å². The van der Waals surface area contributed by atoms with Gasteiger partial charge in [-0.25, -0.2) is 0 Å². The Kier molecular flexibility index (Phi) is 10.8. The lowest BCUT2D eigenvalue weighted by Crippen LogP contribution is -2.21. The number of rotatable bonds is 6. The van der Waals surface area contributed by atoms with E-state index >= 15 is 0 Å². The van der Waals surface area contributed by atoms with Gasteiger partial charge in [-0.2, -0.15) is 0 Å². The lowest BCUT2D eigenvalue weighted by atomic mass is 10.1. The second-order valence-electron chi connectivity index (χ2n) is 5.69. The van der Waals surface area contributed by atoms with E-state index in [9.17, 15) is 4.79 Å². The average molecular weight is 549 g/mol. The zero-order valence-electron chi connectivity index (χ0n) is 14.3. The summed E-state index contributed by atoms with van der Waals surface area (Å²) in [5, 5.41) is 0. The summed E-state index contributed by atoms with van der Waals surface area (Å²) < 4.78 is 2.49. The van der Waals surface area contributed by atoms with Crippen LogP contribution in [-0.4, -0.2) is 11.8 Å². The first-order valence-corrected chi connectivity index (χ1v) is 10.4. The molecule has 0 fully saturated rings. The summed E-state index contributed by atoms with van der Waals surface area (Å²) in [5.74, 6) is 0.302. The normalized spacial score (nSPS) is 11.4. The fourth-order valence-corrected chi connectivity index (χ4v) is 2.74. The first-order valence-electron chi connectivity index (χ1n) is 8.20. The van der Waals surface area contributed by atoms with Crippen LogP contribution in [0.2, 0.25) is 0 Å². The summed E-state index contributed by atoms with van der Waals surface area (Å²) >= 11 is 4.56. The molecule has 0 spiro atoms. The maximum atomic E-state index is 11.1. The van der Waals surface area contributed by atoms with Gasteiger partial charge in [0.25, 0.3) is 0 Å². The van der Waals surface area contributed by atoms with Gasteiger partial charge in [0.1, 0.15) is 5.78 Å². The quantitative estimate of drug-likeness (QED) is 0.492. The van der Waals surface area contributed by atoms with Gasteiger partial charge in [-0.3, -0.25) is 4.79 Å². The monoisotopic (exact) mass is 549 g/mol. The van der Waals surface area contributed by atoms with Crippen molar-refractivity contribution in [2.45, 2.75) is 45.6 Å². The molecule has 130 valence electrons. The molecule has 2 N–H and O–H groups in total. The van der Waals surface area contributed by atoms with Crippen LogP contribution in [0.4, 0.5) is 0 Å². The number of nitrogens with two attached hydrogens (primary N) is 1. The van der Waals surface area contributed by atoms with Crippen LogP contribution in [0.1, 0.15) is 37.8 Å². The van der Waals surface area contributed by atoms with Crippen molar-refractivity contribution in [3.05, 3.63) is 66.8 Å². The molecule has 0 aromatic heterocycles. The molecule has 0 radical (unpaired) electrons. The average Bonchev–Trinajstić information content (AvgIpc) is 2.59. The van der Waals surface area contributed by atoms with Crippen LogP contribution in [0.5, 0.6) is 0 Å². The van der Waals surface area contributed by atoms with E-state index in [0.29, 0.717) is 24.7 Å². The standard InChI is InChI=1S/C10H14IN.C10H11IO/c2*1-2-10(12)7-8-3-5-9(11)6-4-8/h3-6,10H,2,7,12H2,1H3;3-6H,2,7H2,1H3. The lowest BCUT2D eigenvalue weighted by molar-refractivity contribution is -0.118. The Morgan fingerprint density at radius 3 is 1.79 bits per heavy atom. The fraction of sp³-hybridized carbons (Fsp3) is 0.350. The van der Waals surface area contributed by atoms with Crippen LogP contribution in [0, 0.1) is 7.14 Å². The van der Waals surface area contributed by atoms with Gasteiger partial charge in [0.05, 0.1) is 0 Å². The van der Waals surface area contributed by atoms with E-state index in [0.717, 1.165) is 18.4 Å². The number of ketones is 1. The molecule has 0 aliphatic carbocycles. The van der Waals surface area contributed by atoms with Crippen molar-refractivity contribution >= 4 is 51.0 Å². The zero-order chi connectivity index (χ0) is 17.9. The number of carbonyl (C=O) groups excluding carboxylic acids is 1. The summed E-state index contributed by atoms with van der Waals surface area (Å²) in [5.41, 5.74) is 8.29. The maximum Gasteiger partial charge on any atom is 0.136 e. The van der Waals surface area contributed by atoms with Crippen LogP contribution in [-0.2, 0) is 17.6 Å². The zero-order valence-corrected chi connectivity index (χ0v) is 18.6. The van der Waals surface area contributed by atoms with Crippen molar-refractivity contribution in [2.75, 3.05) is 0 Å². The second kappa shape index (κ2) is 12.0. The highest BCUT2D eigenvalue weighted by Gasteiger charge is 2.00. The molecule has 0 aliphatic heterocycles. The molecular formula is C20H25I2NO. The van der Waals surface area contributed by atoms with Gasteiger partial charge < -0.3 is 5.73 Å². The predicted octanol–water partition coefficient (Wildman–Crippen LogP) is 5.38. The second-order valence-corrected chi connectivity index (χ2v) is 8.19. The van der Waals surface area contributed by atoms with E-state index in [2.05, 4.69) is 76.4 Å². The van der Waals surface area contributed by atoms with Gasteiger partial charge in [-0.1, -0.05) is 38.1 Å². The molecule has 2 nitrogen and oxygen atoms in total. The van der Waals surface area contributed by atoms with E-state index < -0.39 is 0 Å². The first-order chi connectivity index (χ1) is 11.4. The number of Topliss-reactive ketones (excluding diaryl/α,β-unsaturated/α-hetero) is 1. The summed E-state index contributed by atoms with van der Waals surface area (Å²) in [6, 6.07) is 16.9. The predicted molar refractivity (Wildman–Crippen MR) is 119 cm³/mol. The molecule has 2 aromatic carbocycles. The number of carbonyl (C=O) groups is 1. The van der Waals surface area contributed by atoms with E-state index in [1.54, 1.807) is 0 Å². The number of benzene rings is 2. The third-order valence-electron chi connectivity index (χ3n) is 3.64. The minimum Gasteiger partial charge on any atom is -0.327 e. The molecule has 24 heavy (non-hydrogen) atoms. The molecule has 2 rings (SSSR count). The molecule has 0 aliphatic rings. The van der Waals surface area contributed by atoms with Crippen molar-refractivity contribution in [3.63, 3.8) is 0 Å². The van der Waals surface area contributed by atoms with Crippen LogP contribution in [0.15, 0.2) is 48.5 Å². The largest absolute Gasteiger partial charge is 0.327 e. The molecular weight excluding hydrogens is 524 g/mol. The molecule has 0 bridgehead atoms. The Bertz CT molecular complexity index is 609. The van der Waals surface area contributed by atoms with E-state index in [-0.39, 0.29) is 0 Å².